The molecular formula is C16H32. The SMILES string of the molecule is C=CC(=C)C.CCCCCCCCCCC. The van der Waals surface area contributed by atoms with Gasteiger partial charge in [-0.25, -0.2) is 0 Å². The van der Waals surface area contributed by atoms with Crippen LogP contribution in [0.3, 0.4) is 0 Å². The summed E-state index contributed by atoms with van der Waals surface area (Å²) in [4.78, 5) is 0. The Balaban J connectivity index is 0. The molecule has 0 atom stereocenters. The fourth-order valence-corrected chi connectivity index (χ4v) is 1.38. The zero-order chi connectivity index (χ0) is 12.6. The molecule has 0 N–H and O–H groups in total. The molecule has 0 aliphatic carbocycles. The first kappa shape index (κ1) is 17.9. The first-order chi connectivity index (χ1) is 7.68. The van der Waals surface area contributed by atoms with Crippen LogP contribution in [0.2, 0.25) is 0 Å². The van der Waals surface area contributed by atoms with E-state index in [2.05, 4.69) is 27.0 Å². The summed E-state index contributed by atoms with van der Waals surface area (Å²) in [5, 5.41) is 0. The van der Waals surface area contributed by atoms with Crippen LogP contribution in [0.25, 0.3) is 0 Å². The lowest BCUT2D eigenvalue weighted by molar-refractivity contribution is 0.572. The van der Waals surface area contributed by atoms with Crippen LogP contribution < -0.4 is 0 Å². The molecule has 0 fully saturated rings. The molecule has 0 aromatic carbocycles. The van der Waals surface area contributed by atoms with E-state index >= 15 is 0 Å². The number of allylic oxidation sites excluding steroid dienone is 2. The minimum atomic E-state index is 1.02. The maximum absolute atomic E-state index is 3.56. The summed E-state index contributed by atoms with van der Waals surface area (Å²) in [6.07, 6.45) is 14.7. The van der Waals surface area contributed by atoms with Gasteiger partial charge in [0, 0.05) is 0 Å². The van der Waals surface area contributed by atoms with E-state index in [4.69, 9.17) is 0 Å². The highest BCUT2D eigenvalue weighted by atomic mass is 13.9. The maximum Gasteiger partial charge on any atom is -0.0404 e. The second-order valence-corrected chi connectivity index (χ2v) is 4.53. The molecule has 0 aliphatic rings. The minimum absolute atomic E-state index is 1.02. The van der Waals surface area contributed by atoms with E-state index in [1.165, 1.54) is 57.8 Å². The van der Waals surface area contributed by atoms with Crippen molar-refractivity contribution in [3.63, 3.8) is 0 Å². The van der Waals surface area contributed by atoms with E-state index in [-0.39, 0.29) is 0 Å². The monoisotopic (exact) mass is 224 g/mol. The average Bonchev–Trinajstić information content (AvgIpc) is 2.29. The number of hydrogen-bond acceptors (Lipinski definition) is 0. The molecule has 0 saturated heterocycles. The fourth-order valence-electron chi connectivity index (χ4n) is 1.38. The first-order valence-electron chi connectivity index (χ1n) is 6.96. The van der Waals surface area contributed by atoms with Crippen molar-refractivity contribution >= 4 is 0 Å². The minimum Gasteiger partial charge on any atom is -0.0988 e. The van der Waals surface area contributed by atoms with Crippen LogP contribution in [-0.2, 0) is 0 Å². The topological polar surface area (TPSA) is 0 Å². The van der Waals surface area contributed by atoms with Gasteiger partial charge < -0.3 is 0 Å². The average molecular weight is 224 g/mol. The standard InChI is InChI=1S/C11H24.C5H8/c1-3-5-7-9-11-10-8-6-4-2;1-4-5(2)3/h3-11H2,1-2H3;4H,1-2H2,3H3. The molecule has 0 aliphatic heterocycles. The van der Waals surface area contributed by atoms with Gasteiger partial charge in [0.25, 0.3) is 0 Å². The van der Waals surface area contributed by atoms with Crippen LogP contribution in [0, 0.1) is 0 Å². The van der Waals surface area contributed by atoms with Gasteiger partial charge in [-0.1, -0.05) is 96.4 Å². The maximum atomic E-state index is 3.56. The fraction of sp³-hybridized carbons (Fsp3) is 0.750. The van der Waals surface area contributed by atoms with Gasteiger partial charge in [0.15, 0.2) is 0 Å². The zero-order valence-corrected chi connectivity index (χ0v) is 11.9. The highest BCUT2D eigenvalue weighted by Crippen LogP contribution is 2.08. The molecule has 0 radical (unpaired) electrons. The Morgan fingerprint density at radius 1 is 0.812 bits per heavy atom. The number of hydrogen-bond donors (Lipinski definition) is 0. The summed E-state index contributed by atoms with van der Waals surface area (Å²) in [5.74, 6) is 0. The summed E-state index contributed by atoms with van der Waals surface area (Å²) in [6.45, 7) is 13.5. The van der Waals surface area contributed by atoms with Crippen molar-refractivity contribution in [1.82, 2.24) is 0 Å². The summed E-state index contributed by atoms with van der Waals surface area (Å²) >= 11 is 0. The quantitative estimate of drug-likeness (QED) is 0.319. The molecule has 0 rings (SSSR count). The number of unbranched alkanes of at least 4 members (excludes halogenated alkanes) is 8. The molecule has 0 unspecified atom stereocenters. The van der Waals surface area contributed by atoms with Gasteiger partial charge in [-0.05, 0) is 6.92 Å². The van der Waals surface area contributed by atoms with E-state index < -0.39 is 0 Å². The molecule has 0 saturated carbocycles. The Morgan fingerprint density at radius 3 is 1.25 bits per heavy atom. The summed E-state index contributed by atoms with van der Waals surface area (Å²) in [6, 6.07) is 0. The second kappa shape index (κ2) is 16.9. The van der Waals surface area contributed by atoms with Crippen molar-refractivity contribution in [3.05, 3.63) is 24.8 Å². The molecule has 0 aromatic heterocycles. The van der Waals surface area contributed by atoms with Crippen molar-refractivity contribution in [1.29, 1.82) is 0 Å². The molecule has 96 valence electrons. The van der Waals surface area contributed by atoms with E-state index in [9.17, 15) is 0 Å². The van der Waals surface area contributed by atoms with Gasteiger partial charge in [0.2, 0.25) is 0 Å². The molecule has 0 amide bonds. The van der Waals surface area contributed by atoms with Gasteiger partial charge in [-0.3, -0.25) is 0 Å². The van der Waals surface area contributed by atoms with Gasteiger partial charge in [-0.15, -0.1) is 0 Å². The lowest BCUT2D eigenvalue weighted by Crippen LogP contribution is -1.79. The number of rotatable bonds is 9. The molecule has 0 nitrogen and oxygen atoms in total. The highest BCUT2D eigenvalue weighted by molar-refractivity contribution is 5.05. The van der Waals surface area contributed by atoms with Gasteiger partial charge in [-0.2, -0.15) is 0 Å². The molecule has 0 heterocycles. The summed E-state index contributed by atoms with van der Waals surface area (Å²) in [7, 11) is 0. The predicted octanol–water partition coefficient (Wildman–Crippen LogP) is 6.29. The van der Waals surface area contributed by atoms with E-state index in [1.807, 2.05) is 6.92 Å². The third-order valence-corrected chi connectivity index (χ3v) is 2.56. The first-order valence-corrected chi connectivity index (χ1v) is 6.96. The Hall–Kier alpha value is -0.520. The smallest absolute Gasteiger partial charge is 0.0404 e. The van der Waals surface area contributed by atoms with Crippen LogP contribution in [-0.4, -0.2) is 0 Å². The van der Waals surface area contributed by atoms with E-state index in [0.717, 1.165) is 5.57 Å². The van der Waals surface area contributed by atoms with Crippen molar-refractivity contribution in [2.45, 2.75) is 78.6 Å². The highest BCUT2D eigenvalue weighted by Gasteiger charge is 1.88. The molecule has 0 heteroatoms. The summed E-state index contributed by atoms with van der Waals surface area (Å²) < 4.78 is 0. The van der Waals surface area contributed by atoms with E-state index in [0.29, 0.717) is 0 Å². The Morgan fingerprint density at radius 2 is 1.06 bits per heavy atom. The van der Waals surface area contributed by atoms with Crippen LogP contribution in [0.4, 0.5) is 0 Å². The lowest BCUT2D eigenvalue weighted by atomic mass is 10.1. The molecule has 0 bridgehead atoms. The van der Waals surface area contributed by atoms with Crippen molar-refractivity contribution < 1.29 is 0 Å². The van der Waals surface area contributed by atoms with Gasteiger partial charge >= 0.3 is 0 Å². The summed E-state index contributed by atoms with van der Waals surface area (Å²) in [5.41, 5.74) is 1.02. The van der Waals surface area contributed by atoms with Crippen LogP contribution in [0.15, 0.2) is 24.8 Å². The van der Waals surface area contributed by atoms with Crippen molar-refractivity contribution in [3.8, 4) is 0 Å². The lowest BCUT2D eigenvalue weighted by Gasteiger charge is -1.98. The van der Waals surface area contributed by atoms with Crippen molar-refractivity contribution in [2.75, 3.05) is 0 Å². The van der Waals surface area contributed by atoms with Crippen LogP contribution in [0.5, 0.6) is 0 Å². The van der Waals surface area contributed by atoms with Crippen LogP contribution in [0.1, 0.15) is 78.6 Å². The third-order valence-electron chi connectivity index (χ3n) is 2.56. The third kappa shape index (κ3) is 23.4. The molecule has 0 spiro atoms. The van der Waals surface area contributed by atoms with Crippen molar-refractivity contribution in [2.24, 2.45) is 0 Å². The second-order valence-electron chi connectivity index (χ2n) is 4.53. The largest absolute Gasteiger partial charge is 0.0988 e. The normalized spacial score (nSPS) is 9.19. The van der Waals surface area contributed by atoms with Gasteiger partial charge in [0.05, 0.1) is 0 Å². The predicted molar refractivity (Wildman–Crippen MR) is 77.9 cm³/mol. The Bertz CT molecular complexity index is 136. The Labute approximate surface area is 104 Å². The molecule has 0 aromatic rings. The molecular weight excluding hydrogens is 192 g/mol. The van der Waals surface area contributed by atoms with Crippen LogP contribution >= 0.6 is 0 Å². The van der Waals surface area contributed by atoms with E-state index in [1.54, 1.807) is 6.08 Å². The van der Waals surface area contributed by atoms with Gasteiger partial charge in [0.1, 0.15) is 0 Å². The zero-order valence-electron chi connectivity index (χ0n) is 11.9. The Kier molecular flexibility index (Phi) is 18.9. The molecule has 16 heavy (non-hydrogen) atoms.